The van der Waals surface area contributed by atoms with Crippen LogP contribution in [-0.2, 0) is 11.3 Å². The predicted molar refractivity (Wildman–Crippen MR) is 132 cm³/mol. The van der Waals surface area contributed by atoms with E-state index >= 15 is 0 Å². The molecule has 3 rings (SSSR count). The normalized spacial score (nSPS) is 13.3. The van der Waals surface area contributed by atoms with Gasteiger partial charge in [0.05, 0.1) is 24.4 Å². The Bertz CT molecular complexity index is 1110. The largest absolute Gasteiger partial charge is 0.490 e. The van der Waals surface area contributed by atoms with E-state index in [0.717, 1.165) is 24.0 Å². The van der Waals surface area contributed by atoms with Crippen LogP contribution < -0.4 is 19.9 Å². The Labute approximate surface area is 201 Å². The minimum atomic E-state index is -1.24. The number of hydrogen-bond acceptors (Lipinski definition) is 6. The maximum absolute atomic E-state index is 12.7. The monoisotopic (exact) mass is 472 g/mol. The molecule has 2 aromatic rings. The van der Waals surface area contributed by atoms with Crippen LogP contribution in [0.3, 0.4) is 0 Å². The highest BCUT2D eigenvalue weighted by molar-refractivity contribution is 5.88. The molecule has 0 aliphatic carbocycles. The van der Waals surface area contributed by atoms with Crippen LogP contribution in [0.5, 0.6) is 11.5 Å². The highest BCUT2D eigenvalue weighted by Crippen LogP contribution is 2.41. The number of fused-ring (bicyclic) bond motifs is 3. The third kappa shape index (κ3) is 5.38. The number of nitrogens with zero attached hydrogens (tertiary/aromatic N) is 2. The smallest absolute Gasteiger partial charge is 0.341 e. The Hall–Kier alpha value is -3.00. The van der Waals surface area contributed by atoms with Crippen LogP contribution in [0.1, 0.15) is 70.3 Å². The summed E-state index contributed by atoms with van der Waals surface area (Å²) in [6.07, 6.45) is 3.00. The summed E-state index contributed by atoms with van der Waals surface area (Å²) in [5.74, 6) is -0.0259. The standard InChI is InChI=1S/C26H36N2O6/c1-8-26(5,6)28-15-17-12-22(33-11-9-10-32-7)23(34-25(2,3)4)13-18(17)20-14-21(29)19(24(30)31)16-27(20)28/h12-14,16H,8-11,15H2,1-7H3,(H,30,31). The molecule has 2 heterocycles. The number of hydrogen-bond donors (Lipinski definition) is 1. The molecule has 0 bridgehead atoms. The fraction of sp³-hybridized carbons (Fsp3) is 0.538. The molecule has 1 aromatic carbocycles. The first-order valence-electron chi connectivity index (χ1n) is 11.6. The van der Waals surface area contributed by atoms with Gasteiger partial charge in [-0.05, 0) is 58.7 Å². The SMILES string of the molecule is CCC(C)(C)N1Cc2cc(OCCCOC)c(OC(C)(C)C)cc2-c2cc(=O)c(C(=O)O)cn21. The minimum Gasteiger partial charge on any atom is -0.490 e. The van der Waals surface area contributed by atoms with E-state index in [0.29, 0.717) is 37.0 Å². The van der Waals surface area contributed by atoms with Gasteiger partial charge in [-0.2, -0.15) is 0 Å². The van der Waals surface area contributed by atoms with Crippen molar-refractivity contribution in [2.24, 2.45) is 0 Å². The number of methoxy groups -OCH3 is 1. The molecular weight excluding hydrogens is 436 g/mol. The fourth-order valence-corrected chi connectivity index (χ4v) is 3.89. The molecular formula is C26H36N2O6. The van der Waals surface area contributed by atoms with Crippen molar-refractivity contribution in [1.29, 1.82) is 0 Å². The molecule has 0 spiro atoms. The van der Waals surface area contributed by atoms with Crippen LogP contribution in [-0.4, -0.2) is 47.2 Å². The van der Waals surface area contributed by atoms with Gasteiger partial charge < -0.3 is 24.3 Å². The number of carboxylic acid groups (broad SMARTS) is 1. The van der Waals surface area contributed by atoms with E-state index in [1.165, 1.54) is 12.3 Å². The summed E-state index contributed by atoms with van der Waals surface area (Å²) in [6, 6.07) is 5.27. The lowest BCUT2D eigenvalue weighted by Gasteiger charge is -2.45. The third-order valence-electron chi connectivity index (χ3n) is 6.02. The lowest BCUT2D eigenvalue weighted by molar-refractivity contribution is 0.0694. The summed E-state index contributed by atoms with van der Waals surface area (Å²) in [4.78, 5) is 24.4. The molecule has 186 valence electrons. The number of rotatable bonds is 9. The summed E-state index contributed by atoms with van der Waals surface area (Å²) < 4.78 is 19.2. The van der Waals surface area contributed by atoms with Gasteiger partial charge in [0.2, 0.25) is 0 Å². The number of pyridine rings is 1. The molecule has 0 radical (unpaired) electrons. The molecule has 8 heteroatoms. The maximum atomic E-state index is 12.7. The number of aromatic carboxylic acids is 1. The average Bonchev–Trinajstić information content (AvgIpc) is 2.74. The van der Waals surface area contributed by atoms with Crippen molar-refractivity contribution in [3.8, 4) is 22.8 Å². The quantitative estimate of drug-likeness (QED) is 0.539. The van der Waals surface area contributed by atoms with Crippen LogP contribution in [0.25, 0.3) is 11.3 Å². The fourth-order valence-electron chi connectivity index (χ4n) is 3.89. The zero-order valence-electron chi connectivity index (χ0n) is 21.2. The zero-order valence-corrected chi connectivity index (χ0v) is 21.2. The van der Waals surface area contributed by atoms with Crippen molar-refractivity contribution in [2.75, 3.05) is 25.3 Å². The van der Waals surface area contributed by atoms with Crippen molar-refractivity contribution in [3.63, 3.8) is 0 Å². The Morgan fingerprint density at radius 3 is 2.38 bits per heavy atom. The van der Waals surface area contributed by atoms with Crippen LogP contribution in [0.15, 0.2) is 29.2 Å². The Morgan fingerprint density at radius 2 is 1.79 bits per heavy atom. The average molecular weight is 473 g/mol. The molecule has 1 aliphatic rings. The van der Waals surface area contributed by atoms with E-state index in [2.05, 4.69) is 25.8 Å². The van der Waals surface area contributed by atoms with Gasteiger partial charge in [0.15, 0.2) is 16.9 Å². The van der Waals surface area contributed by atoms with Gasteiger partial charge in [0.1, 0.15) is 11.2 Å². The van der Waals surface area contributed by atoms with E-state index in [4.69, 9.17) is 14.2 Å². The van der Waals surface area contributed by atoms with Gasteiger partial charge in [-0.1, -0.05) is 6.92 Å². The van der Waals surface area contributed by atoms with Crippen LogP contribution in [0.2, 0.25) is 0 Å². The minimum absolute atomic E-state index is 0.256. The lowest BCUT2D eigenvalue weighted by atomic mass is 9.95. The van der Waals surface area contributed by atoms with E-state index < -0.39 is 17.0 Å². The first kappa shape index (κ1) is 25.6. The molecule has 0 amide bonds. The van der Waals surface area contributed by atoms with Gasteiger partial charge >= 0.3 is 5.97 Å². The van der Waals surface area contributed by atoms with Crippen molar-refractivity contribution >= 4 is 5.97 Å². The molecule has 1 aliphatic heterocycles. The van der Waals surface area contributed by atoms with Crippen molar-refractivity contribution in [1.82, 2.24) is 4.68 Å². The second kappa shape index (κ2) is 9.70. The highest BCUT2D eigenvalue weighted by Gasteiger charge is 2.33. The second-order valence-electron chi connectivity index (χ2n) is 10.2. The van der Waals surface area contributed by atoms with Crippen LogP contribution in [0.4, 0.5) is 0 Å². The van der Waals surface area contributed by atoms with Crippen LogP contribution in [0, 0.1) is 0 Å². The molecule has 1 N–H and O–H groups in total. The molecule has 0 unspecified atom stereocenters. The van der Waals surface area contributed by atoms with E-state index in [-0.39, 0.29) is 11.1 Å². The topological polar surface area (TPSA) is 90.2 Å². The summed E-state index contributed by atoms with van der Waals surface area (Å²) >= 11 is 0. The Kier molecular flexibility index (Phi) is 7.31. The number of carbonyl (C=O) groups is 1. The molecule has 0 saturated carbocycles. The molecule has 0 atom stereocenters. The third-order valence-corrected chi connectivity index (χ3v) is 6.02. The van der Waals surface area contributed by atoms with Gasteiger partial charge in [-0.15, -0.1) is 0 Å². The summed E-state index contributed by atoms with van der Waals surface area (Å²) in [7, 11) is 1.66. The Morgan fingerprint density at radius 1 is 1.09 bits per heavy atom. The van der Waals surface area contributed by atoms with Gasteiger partial charge in [-0.25, -0.2) is 4.79 Å². The summed E-state index contributed by atoms with van der Waals surface area (Å²) in [6.45, 7) is 13.8. The Balaban J connectivity index is 2.20. The highest BCUT2D eigenvalue weighted by atomic mass is 16.5. The molecule has 8 nitrogen and oxygen atoms in total. The van der Waals surface area contributed by atoms with Gasteiger partial charge in [-0.3, -0.25) is 9.47 Å². The van der Waals surface area contributed by atoms with E-state index in [1.807, 2.05) is 32.9 Å². The molecule has 1 aromatic heterocycles. The van der Waals surface area contributed by atoms with E-state index in [9.17, 15) is 14.7 Å². The lowest BCUT2D eigenvalue weighted by Crippen LogP contribution is -2.52. The summed E-state index contributed by atoms with van der Waals surface area (Å²) in [5, 5.41) is 11.7. The van der Waals surface area contributed by atoms with Crippen LogP contribution >= 0.6 is 0 Å². The van der Waals surface area contributed by atoms with Crippen molar-refractivity contribution in [3.05, 3.63) is 45.7 Å². The van der Waals surface area contributed by atoms with Gasteiger partial charge in [0, 0.05) is 38.0 Å². The number of carboxylic acids is 1. The first-order chi connectivity index (χ1) is 15.9. The molecule has 0 saturated heterocycles. The maximum Gasteiger partial charge on any atom is 0.341 e. The number of ether oxygens (including phenoxy) is 3. The second-order valence-corrected chi connectivity index (χ2v) is 10.2. The summed E-state index contributed by atoms with van der Waals surface area (Å²) in [5.41, 5.74) is 0.885. The van der Waals surface area contributed by atoms with E-state index in [1.54, 1.807) is 11.8 Å². The molecule has 34 heavy (non-hydrogen) atoms. The van der Waals surface area contributed by atoms with Crippen molar-refractivity contribution < 1.29 is 24.1 Å². The molecule has 0 fully saturated rings. The first-order valence-corrected chi connectivity index (χ1v) is 11.6. The zero-order chi connectivity index (χ0) is 25.3. The predicted octanol–water partition coefficient (Wildman–Crippen LogP) is 4.45. The number of benzene rings is 1. The van der Waals surface area contributed by atoms with Crippen molar-refractivity contribution in [2.45, 2.75) is 72.1 Å². The number of aromatic nitrogens is 1. The van der Waals surface area contributed by atoms with Gasteiger partial charge in [0.25, 0.3) is 0 Å².